The van der Waals surface area contributed by atoms with E-state index in [4.69, 9.17) is 9.47 Å². The first-order valence-corrected chi connectivity index (χ1v) is 6.16. The van der Waals surface area contributed by atoms with Gasteiger partial charge in [0.05, 0.1) is 0 Å². The van der Waals surface area contributed by atoms with E-state index >= 15 is 0 Å². The Hall–Kier alpha value is -2.89. The van der Waals surface area contributed by atoms with Crippen molar-refractivity contribution < 1.29 is 28.2 Å². The highest BCUT2D eigenvalue weighted by Crippen LogP contribution is 2.23. The molecule has 0 atom stereocenters. The summed E-state index contributed by atoms with van der Waals surface area (Å²) in [6, 6.07) is 3.61. The predicted octanol–water partition coefficient (Wildman–Crippen LogP) is 3.28. The Morgan fingerprint density at radius 1 is 1.09 bits per heavy atom. The second-order valence-corrected chi connectivity index (χ2v) is 4.34. The molecule has 0 unspecified atom stereocenters. The lowest BCUT2D eigenvalue weighted by Gasteiger charge is -2.06. The number of carbonyl (C=O) groups is 2. The molecule has 0 radical (unpaired) electrons. The number of carbonyl (C=O) groups excluding carboxylic acids is 2. The molecule has 0 amide bonds. The summed E-state index contributed by atoms with van der Waals surface area (Å²) in [5, 5.41) is 0. The van der Waals surface area contributed by atoms with Crippen molar-refractivity contribution in [3.8, 4) is 11.5 Å². The molecule has 0 bridgehead atoms. The second kappa shape index (κ2) is 7.78. The van der Waals surface area contributed by atoms with Crippen molar-refractivity contribution >= 4 is 11.9 Å². The zero-order chi connectivity index (χ0) is 16.7. The third-order valence-corrected chi connectivity index (χ3v) is 2.24. The van der Waals surface area contributed by atoms with E-state index in [1.807, 2.05) is 0 Å². The molecule has 116 valence electrons. The van der Waals surface area contributed by atoms with E-state index in [1.54, 1.807) is 0 Å². The lowest BCUT2D eigenvalue weighted by atomic mass is 10.3. The van der Waals surface area contributed by atoms with E-state index in [0.29, 0.717) is 0 Å². The maximum atomic E-state index is 13.7. The molecule has 1 aromatic rings. The standard InChI is InChI=1S/C16H15FO5/c1-10(2)15(18)21-8-7-20-14-6-5-12(9-13(14)17)22-16(19)11(3)4/h5-9H,1,3H2,2,4H3. The van der Waals surface area contributed by atoms with Gasteiger partial charge >= 0.3 is 11.9 Å². The molecule has 0 fully saturated rings. The van der Waals surface area contributed by atoms with Gasteiger partial charge in [0, 0.05) is 17.2 Å². The van der Waals surface area contributed by atoms with Gasteiger partial charge < -0.3 is 14.2 Å². The lowest BCUT2D eigenvalue weighted by molar-refractivity contribution is -0.133. The molecule has 0 aliphatic carbocycles. The number of rotatable bonds is 6. The molecule has 0 heterocycles. The zero-order valence-electron chi connectivity index (χ0n) is 12.2. The van der Waals surface area contributed by atoms with Crippen LogP contribution in [0.15, 0.2) is 55.0 Å². The maximum Gasteiger partial charge on any atom is 0.338 e. The molecule has 0 N–H and O–H groups in total. The van der Waals surface area contributed by atoms with Crippen LogP contribution in [0.4, 0.5) is 4.39 Å². The molecule has 0 aromatic heterocycles. The molecule has 0 saturated heterocycles. The van der Waals surface area contributed by atoms with Crippen LogP contribution < -0.4 is 9.47 Å². The minimum absolute atomic E-state index is 0.0236. The molecule has 0 aliphatic rings. The first-order chi connectivity index (χ1) is 10.3. The van der Waals surface area contributed by atoms with E-state index in [2.05, 4.69) is 17.9 Å². The third-order valence-electron chi connectivity index (χ3n) is 2.24. The van der Waals surface area contributed by atoms with Gasteiger partial charge in [-0.3, -0.25) is 0 Å². The Bertz CT molecular complexity index is 646. The normalized spacial score (nSPS) is 10.1. The van der Waals surface area contributed by atoms with Crippen LogP contribution in [0, 0.1) is 5.82 Å². The number of halogens is 1. The van der Waals surface area contributed by atoms with Crippen molar-refractivity contribution in [1.29, 1.82) is 0 Å². The van der Waals surface area contributed by atoms with Gasteiger partial charge in [-0.05, 0) is 26.0 Å². The Kier molecular flexibility index (Phi) is 6.07. The fourth-order valence-electron chi connectivity index (χ4n) is 1.13. The van der Waals surface area contributed by atoms with Crippen LogP contribution >= 0.6 is 0 Å². The first kappa shape index (κ1) is 17.2. The summed E-state index contributed by atoms with van der Waals surface area (Å²) >= 11 is 0. The lowest BCUT2D eigenvalue weighted by Crippen LogP contribution is -2.08. The minimum atomic E-state index is -0.747. The summed E-state index contributed by atoms with van der Waals surface area (Å²) in [7, 11) is 0. The van der Waals surface area contributed by atoms with Gasteiger partial charge in [0.15, 0.2) is 11.6 Å². The Morgan fingerprint density at radius 3 is 2.27 bits per heavy atom. The van der Waals surface area contributed by atoms with Gasteiger partial charge in [0.2, 0.25) is 0 Å². The molecule has 0 spiro atoms. The molecular formula is C16H15FO5. The van der Waals surface area contributed by atoms with E-state index in [9.17, 15) is 14.0 Å². The quantitative estimate of drug-likeness (QED) is 0.349. The fourth-order valence-corrected chi connectivity index (χ4v) is 1.13. The van der Waals surface area contributed by atoms with Gasteiger partial charge in [-0.25, -0.2) is 14.0 Å². The van der Waals surface area contributed by atoms with Gasteiger partial charge in [-0.1, -0.05) is 13.2 Å². The average molecular weight is 306 g/mol. The summed E-state index contributed by atoms with van der Waals surface area (Å²) < 4.78 is 28.2. The highest BCUT2D eigenvalue weighted by molar-refractivity contribution is 5.88. The van der Waals surface area contributed by atoms with Crippen molar-refractivity contribution in [2.75, 3.05) is 0 Å². The van der Waals surface area contributed by atoms with Gasteiger partial charge in [-0.15, -0.1) is 0 Å². The van der Waals surface area contributed by atoms with Crippen LogP contribution in [0.25, 0.3) is 0 Å². The van der Waals surface area contributed by atoms with Crippen LogP contribution in [0.3, 0.4) is 0 Å². The number of hydrogen-bond acceptors (Lipinski definition) is 5. The largest absolute Gasteiger partial charge is 0.459 e. The molecule has 1 aromatic carbocycles. The molecular weight excluding hydrogens is 291 g/mol. The Labute approximate surface area is 127 Å². The molecule has 22 heavy (non-hydrogen) atoms. The number of benzene rings is 1. The van der Waals surface area contributed by atoms with Crippen molar-refractivity contribution in [3.05, 3.63) is 60.8 Å². The summed E-state index contributed by atoms with van der Waals surface area (Å²) in [4.78, 5) is 22.4. The van der Waals surface area contributed by atoms with Gasteiger partial charge in [0.25, 0.3) is 0 Å². The number of hydrogen-bond donors (Lipinski definition) is 0. The zero-order valence-corrected chi connectivity index (χ0v) is 12.2. The topological polar surface area (TPSA) is 61.8 Å². The van der Waals surface area contributed by atoms with Crippen LogP contribution in [0.2, 0.25) is 0 Å². The molecule has 5 nitrogen and oxygen atoms in total. The van der Waals surface area contributed by atoms with Crippen LogP contribution in [0.5, 0.6) is 11.5 Å². The van der Waals surface area contributed by atoms with Crippen molar-refractivity contribution in [2.45, 2.75) is 13.8 Å². The molecule has 1 rings (SSSR count). The van der Waals surface area contributed by atoms with Crippen LogP contribution in [-0.2, 0) is 14.3 Å². The average Bonchev–Trinajstić information content (AvgIpc) is 2.44. The smallest absolute Gasteiger partial charge is 0.338 e. The highest BCUT2D eigenvalue weighted by atomic mass is 19.1. The Morgan fingerprint density at radius 2 is 1.73 bits per heavy atom. The van der Waals surface area contributed by atoms with E-state index in [0.717, 1.165) is 18.6 Å². The summed E-state index contributed by atoms with van der Waals surface area (Å²) in [5.41, 5.74) is 0.419. The first-order valence-electron chi connectivity index (χ1n) is 6.16. The monoisotopic (exact) mass is 306 g/mol. The molecule has 0 saturated carbocycles. The summed E-state index contributed by atoms with van der Waals surface area (Å²) in [6.07, 6.45) is 1.96. The van der Waals surface area contributed by atoms with Crippen molar-refractivity contribution in [2.24, 2.45) is 0 Å². The SMILES string of the molecule is C=C(C)C(=O)OC=COc1ccc(OC(=O)C(=C)C)cc1F. The van der Waals surface area contributed by atoms with Crippen molar-refractivity contribution in [1.82, 2.24) is 0 Å². The summed E-state index contributed by atoms with van der Waals surface area (Å²) in [6.45, 7) is 9.78. The summed E-state index contributed by atoms with van der Waals surface area (Å²) in [5.74, 6) is -2.13. The van der Waals surface area contributed by atoms with Crippen molar-refractivity contribution in [3.63, 3.8) is 0 Å². The van der Waals surface area contributed by atoms with E-state index in [-0.39, 0.29) is 22.6 Å². The van der Waals surface area contributed by atoms with E-state index < -0.39 is 17.8 Å². The second-order valence-electron chi connectivity index (χ2n) is 4.34. The predicted molar refractivity (Wildman–Crippen MR) is 77.5 cm³/mol. The van der Waals surface area contributed by atoms with Crippen LogP contribution in [-0.4, -0.2) is 11.9 Å². The minimum Gasteiger partial charge on any atom is -0.459 e. The number of esters is 2. The van der Waals surface area contributed by atoms with E-state index in [1.165, 1.54) is 26.0 Å². The molecule has 0 aliphatic heterocycles. The molecule has 6 heteroatoms. The fraction of sp³-hybridized carbons (Fsp3) is 0.125. The number of ether oxygens (including phenoxy) is 3. The third kappa shape index (κ3) is 5.24. The highest BCUT2D eigenvalue weighted by Gasteiger charge is 2.09. The van der Waals surface area contributed by atoms with Crippen LogP contribution in [0.1, 0.15) is 13.8 Å². The Balaban J connectivity index is 2.64. The maximum absolute atomic E-state index is 13.7. The van der Waals surface area contributed by atoms with Gasteiger partial charge in [-0.2, -0.15) is 0 Å². The van der Waals surface area contributed by atoms with Gasteiger partial charge in [0.1, 0.15) is 18.3 Å².